The van der Waals surface area contributed by atoms with Crippen LogP contribution in [0.15, 0.2) is 18.2 Å². The van der Waals surface area contributed by atoms with Gasteiger partial charge in [-0.1, -0.05) is 12.1 Å². The molecule has 0 aromatic heterocycles. The third-order valence-electron chi connectivity index (χ3n) is 2.86. The van der Waals surface area contributed by atoms with Crippen LogP contribution in [-0.4, -0.2) is 25.8 Å². The molecule has 1 aromatic carbocycles. The molecule has 0 bridgehead atoms. The van der Waals surface area contributed by atoms with E-state index in [0.717, 1.165) is 18.4 Å². The van der Waals surface area contributed by atoms with Crippen LogP contribution in [0.3, 0.4) is 0 Å². The number of rotatable bonds is 2. The molecule has 88 valence electrons. The Morgan fingerprint density at radius 3 is 2.88 bits per heavy atom. The van der Waals surface area contributed by atoms with Gasteiger partial charge >= 0.3 is 0 Å². The number of hydrogen-bond donors (Lipinski definition) is 1. The first-order valence-electron chi connectivity index (χ1n) is 5.37. The van der Waals surface area contributed by atoms with Gasteiger partial charge in [0.05, 0.1) is 11.4 Å². The molecule has 1 aliphatic rings. The van der Waals surface area contributed by atoms with E-state index in [2.05, 4.69) is 0 Å². The van der Waals surface area contributed by atoms with Gasteiger partial charge in [-0.25, -0.2) is 8.42 Å². The molecule has 0 saturated heterocycles. The van der Waals surface area contributed by atoms with Crippen LogP contribution in [0.25, 0.3) is 0 Å². The minimum atomic E-state index is -3.28. The quantitative estimate of drug-likeness (QED) is 0.853. The zero-order valence-electron chi connectivity index (χ0n) is 9.18. The van der Waals surface area contributed by atoms with Crippen LogP contribution < -0.4 is 4.31 Å². The Kier molecular flexibility index (Phi) is 2.80. The summed E-state index contributed by atoms with van der Waals surface area (Å²) < 4.78 is 25.1. The van der Waals surface area contributed by atoms with Crippen molar-refractivity contribution in [2.45, 2.75) is 19.8 Å². The number of anilines is 1. The molecule has 0 radical (unpaired) electrons. The number of phenols is 1. The lowest BCUT2D eigenvalue weighted by Gasteiger charge is -2.30. The van der Waals surface area contributed by atoms with Crippen molar-refractivity contribution in [1.29, 1.82) is 0 Å². The van der Waals surface area contributed by atoms with Crippen molar-refractivity contribution in [3.63, 3.8) is 0 Å². The number of nitrogens with zero attached hydrogens (tertiary/aromatic N) is 1. The molecular weight excluding hydrogens is 226 g/mol. The van der Waals surface area contributed by atoms with Crippen LogP contribution in [0.2, 0.25) is 0 Å². The summed E-state index contributed by atoms with van der Waals surface area (Å²) in [6.45, 7) is 2.07. The molecule has 0 spiro atoms. The first-order valence-corrected chi connectivity index (χ1v) is 6.98. The lowest BCUT2D eigenvalue weighted by molar-refractivity contribution is 0.473. The minimum absolute atomic E-state index is 0.0502. The van der Waals surface area contributed by atoms with Gasteiger partial charge in [0, 0.05) is 6.54 Å². The van der Waals surface area contributed by atoms with Gasteiger partial charge in [0.15, 0.2) is 0 Å². The Balaban J connectivity index is 2.56. The van der Waals surface area contributed by atoms with Gasteiger partial charge in [0.25, 0.3) is 0 Å². The lowest BCUT2D eigenvalue weighted by atomic mass is 10.0. The predicted molar refractivity (Wildman–Crippen MR) is 63.2 cm³/mol. The molecule has 5 heteroatoms. The van der Waals surface area contributed by atoms with E-state index in [-0.39, 0.29) is 11.5 Å². The molecule has 1 aliphatic heterocycles. The van der Waals surface area contributed by atoms with E-state index in [0.29, 0.717) is 12.2 Å². The largest absolute Gasteiger partial charge is 0.506 e. The standard InChI is InChI=1S/C11H15NO3S/c1-2-16(14,15)12-8-4-6-9-5-3-7-10(13)11(9)12/h3,5,7,13H,2,4,6,8H2,1H3. The molecule has 0 unspecified atom stereocenters. The van der Waals surface area contributed by atoms with E-state index < -0.39 is 10.0 Å². The Morgan fingerprint density at radius 1 is 1.44 bits per heavy atom. The van der Waals surface area contributed by atoms with E-state index in [4.69, 9.17) is 0 Å². The summed E-state index contributed by atoms with van der Waals surface area (Å²) in [5.74, 6) is 0.107. The fraction of sp³-hybridized carbons (Fsp3) is 0.455. The van der Waals surface area contributed by atoms with E-state index in [1.54, 1.807) is 13.0 Å². The molecule has 1 N–H and O–H groups in total. The van der Waals surface area contributed by atoms with Crippen LogP contribution in [0.4, 0.5) is 5.69 Å². The van der Waals surface area contributed by atoms with E-state index in [1.807, 2.05) is 6.07 Å². The Labute approximate surface area is 95.6 Å². The highest BCUT2D eigenvalue weighted by Gasteiger charge is 2.28. The second-order valence-electron chi connectivity index (χ2n) is 3.86. The topological polar surface area (TPSA) is 57.6 Å². The zero-order valence-corrected chi connectivity index (χ0v) is 10.00. The Hall–Kier alpha value is -1.23. The summed E-state index contributed by atoms with van der Waals surface area (Å²) in [6.07, 6.45) is 1.62. The summed E-state index contributed by atoms with van der Waals surface area (Å²) in [4.78, 5) is 0. The molecule has 0 atom stereocenters. The van der Waals surface area contributed by atoms with Crippen molar-refractivity contribution in [1.82, 2.24) is 0 Å². The van der Waals surface area contributed by atoms with Crippen LogP contribution in [0, 0.1) is 0 Å². The highest BCUT2D eigenvalue weighted by molar-refractivity contribution is 7.92. The highest BCUT2D eigenvalue weighted by atomic mass is 32.2. The summed E-state index contributed by atoms with van der Waals surface area (Å²) in [5, 5.41) is 9.78. The third kappa shape index (κ3) is 1.75. The maximum Gasteiger partial charge on any atom is 0.235 e. The number of aryl methyl sites for hydroxylation is 1. The molecule has 0 fully saturated rings. The molecule has 1 heterocycles. The molecule has 2 rings (SSSR count). The molecule has 4 nitrogen and oxygen atoms in total. The van der Waals surface area contributed by atoms with Gasteiger partial charge in [-0.2, -0.15) is 0 Å². The maximum atomic E-state index is 11.9. The molecule has 1 aromatic rings. The molecule has 0 amide bonds. The summed E-state index contributed by atoms with van der Waals surface area (Å²) >= 11 is 0. The number of benzene rings is 1. The number of para-hydroxylation sites is 1. The summed E-state index contributed by atoms with van der Waals surface area (Å²) in [7, 11) is -3.28. The van der Waals surface area contributed by atoms with Gasteiger partial charge in [-0.15, -0.1) is 0 Å². The second-order valence-corrected chi connectivity index (χ2v) is 6.04. The molecule has 0 aliphatic carbocycles. The maximum absolute atomic E-state index is 11.9. The molecular formula is C11H15NO3S. The lowest BCUT2D eigenvalue weighted by Crippen LogP contribution is -2.36. The summed E-state index contributed by atoms with van der Waals surface area (Å²) in [6, 6.07) is 5.14. The second kappa shape index (κ2) is 3.97. The number of fused-ring (bicyclic) bond motifs is 1. The fourth-order valence-electron chi connectivity index (χ4n) is 2.03. The monoisotopic (exact) mass is 241 g/mol. The number of sulfonamides is 1. The van der Waals surface area contributed by atoms with E-state index >= 15 is 0 Å². The predicted octanol–water partition coefficient (Wildman–Crippen LogP) is 1.49. The van der Waals surface area contributed by atoms with Crippen molar-refractivity contribution in [3.05, 3.63) is 23.8 Å². The van der Waals surface area contributed by atoms with Gasteiger partial charge < -0.3 is 5.11 Å². The highest BCUT2D eigenvalue weighted by Crippen LogP contribution is 2.36. The molecule has 16 heavy (non-hydrogen) atoms. The van der Waals surface area contributed by atoms with Crippen LogP contribution in [0.1, 0.15) is 18.9 Å². The van der Waals surface area contributed by atoms with Crippen LogP contribution >= 0.6 is 0 Å². The smallest absolute Gasteiger partial charge is 0.235 e. The fourth-order valence-corrected chi connectivity index (χ4v) is 3.23. The Morgan fingerprint density at radius 2 is 2.19 bits per heavy atom. The van der Waals surface area contributed by atoms with Crippen molar-refractivity contribution in [2.24, 2.45) is 0 Å². The van der Waals surface area contributed by atoms with E-state index in [1.165, 1.54) is 10.4 Å². The van der Waals surface area contributed by atoms with Gasteiger partial charge in [0.2, 0.25) is 10.0 Å². The van der Waals surface area contributed by atoms with Crippen molar-refractivity contribution in [3.8, 4) is 5.75 Å². The number of phenolic OH excluding ortho intramolecular Hbond substituents is 1. The normalized spacial score (nSPS) is 15.9. The van der Waals surface area contributed by atoms with Crippen molar-refractivity contribution < 1.29 is 13.5 Å². The van der Waals surface area contributed by atoms with Gasteiger partial charge in [-0.3, -0.25) is 4.31 Å². The van der Waals surface area contributed by atoms with E-state index in [9.17, 15) is 13.5 Å². The molecule has 0 saturated carbocycles. The van der Waals surface area contributed by atoms with Crippen LogP contribution in [0.5, 0.6) is 5.75 Å². The third-order valence-corrected chi connectivity index (χ3v) is 4.62. The van der Waals surface area contributed by atoms with Gasteiger partial charge in [0.1, 0.15) is 5.75 Å². The average molecular weight is 241 g/mol. The Bertz CT molecular complexity index is 496. The number of aromatic hydroxyl groups is 1. The zero-order chi connectivity index (χ0) is 11.8. The first kappa shape index (κ1) is 11.3. The minimum Gasteiger partial charge on any atom is -0.506 e. The summed E-state index contributed by atoms with van der Waals surface area (Å²) in [5.41, 5.74) is 1.37. The average Bonchev–Trinajstić information content (AvgIpc) is 2.29. The van der Waals surface area contributed by atoms with Crippen molar-refractivity contribution in [2.75, 3.05) is 16.6 Å². The number of hydrogen-bond acceptors (Lipinski definition) is 3. The van der Waals surface area contributed by atoms with Gasteiger partial charge in [-0.05, 0) is 31.4 Å². The SMILES string of the molecule is CCS(=O)(=O)N1CCCc2cccc(O)c21. The first-order chi connectivity index (χ1) is 7.56. The van der Waals surface area contributed by atoms with Crippen LogP contribution in [-0.2, 0) is 16.4 Å². The van der Waals surface area contributed by atoms with Crippen molar-refractivity contribution >= 4 is 15.7 Å².